The number of piperidine rings is 1. The van der Waals surface area contributed by atoms with Crippen LogP contribution in [0.4, 0.5) is 0 Å². The highest BCUT2D eigenvalue weighted by Crippen LogP contribution is 2.26. The summed E-state index contributed by atoms with van der Waals surface area (Å²) in [6.07, 6.45) is 1.24. The zero-order chi connectivity index (χ0) is 19.8. The Hall–Kier alpha value is -1.22. The molecule has 0 aliphatic carbocycles. The Labute approximate surface area is 166 Å². The van der Waals surface area contributed by atoms with E-state index in [1.165, 1.54) is 10.7 Å². The summed E-state index contributed by atoms with van der Waals surface area (Å²) in [6, 6.07) is 5.00. The molecule has 0 bridgehead atoms. The molecular formula is C19H29N3O3S2. The van der Waals surface area contributed by atoms with Gasteiger partial charge in [-0.1, -0.05) is 27.7 Å². The van der Waals surface area contributed by atoms with Crippen molar-refractivity contribution in [1.29, 1.82) is 0 Å². The van der Waals surface area contributed by atoms with Crippen molar-refractivity contribution in [2.45, 2.75) is 45.7 Å². The molecule has 1 aromatic heterocycles. The summed E-state index contributed by atoms with van der Waals surface area (Å²) in [5.74, 6) is 1.28. The van der Waals surface area contributed by atoms with Crippen LogP contribution in [-0.4, -0.2) is 48.4 Å². The van der Waals surface area contributed by atoms with E-state index in [4.69, 9.17) is 16.6 Å². The maximum absolute atomic E-state index is 12.9. The Morgan fingerprint density at radius 3 is 2.41 bits per heavy atom. The first kappa shape index (κ1) is 20.5. The summed E-state index contributed by atoms with van der Waals surface area (Å²) in [6.45, 7) is 11.8. The minimum Gasteiger partial charge on any atom is -0.429 e. The molecular weight excluding hydrogens is 382 g/mol. The Kier molecular flexibility index (Phi) is 6.10. The van der Waals surface area contributed by atoms with Crippen molar-refractivity contribution >= 4 is 33.3 Å². The maximum atomic E-state index is 12.9. The molecule has 1 aliphatic heterocycles. The van der Waals surface area contributed by atoms with Gasteiger partial charge in [-0.3, -0.25) is 9.47 Å². The summed E-state index contributed by atoms with van der Waals surface area (Å²) in [5, 5.41) is 0. The molecule has 2 unspecified atom stereocenters. The number of benzene rings is 1. The van der Waals surface area contributed by atoms with Gasteiger partial charge in [-0.15, -0.1) is 0 Å². The molecule has 0 N–H and O–H groups in total. The highest BCUT2D eigenvalue weighted by Gasteiger charge is 2.25. The lowest BCUT2D eigenvalue weighted by Gasteiger charge is -2.34. The largest absolute Gasteiger partial charge is 0.429 e. The van der Waals surface area contributed by atoms with E-state index in [-0.39, 0.29) is 4.90 Å². The van der Waals surface area contributed by atoms with E-state index in [2.05, 4.69) is 18.7 Å². The van der Waals surface area contributed by atoms with Crippen LogP contribution in [0, 0.1) is 16.7 Å². The first-order valence-electron chi connectivity index (χ1n) is 9.62. The number of hydrogen-bond donors (Lipinski definition) is 0. The van der Waals surface area contributed by atoms with Gasteiger partial charge in [0.2, 0.25) is 10.0 Å². The first-order chi connectivity index (χ1) is 12.8. The van der Waals surface area contributed by atoms with Gasteiger partial charge in [-0.05, 0) is 48.7 Å². The molecule has 27 heavy (non-hydrogen) atoms. The third kappa shape index (κ3) is 4.13. The lowest BCUT2D eigenvalue weighted by molar-refractivity contribution is 0.109. The lowest BCUT2D eigenvalue weighted by atomic mass is 9.92. The first-order valence-corrected chi connectivity index (χ1v) is 11.5. The highest BCUT2D eigenvalue weighted by molar-refractivity contribution is 7.89. The molecule has 2 heterocycles. The van der Waals surface area contributed by atoms with E-state index in [9.17, 15) is 8.42 Å². The molecule has 150 valence electrons. The van der Waals surface area contributed by atoms with Crippen molar-refractivity contribution < 1.29 is 12.8 Å². The van der Waals surface area contributed by atoms with Gasteiger partial charge in [-0.25, -0.2) is 8.42 Å². The fourth-order valence-corrected chi connectivity index (χ4v) is 5.88. The number of oxazole rings is 1. The van der Waals surface area contributed by atoms with Crippen LogP contribution in [0.5, 0.6) is 0 Å². The molecule has 1 fully saturated rings. The zero-order valence-corrected chi connectivity index (χ0v) is 18.1. The zero-order valence-electron chi connectivity index (χ0n) is 16.5. The van der Waals surface area contributed by atoms with Gasteiger partial charge < -0.3 is 4.42 Å². The lowest BCUT2D eigenvalue weighted by Crippen LogP contribution is -2.39. The van der Waals surface area contributed by atoms with Crippen molar-refractivity contribution in [3.05, 3.63) is 23.0 Å². The minimum atomic E-state index is -3.52. The molecule has 1 aromatic carbocycles. The second-order valence-electron chi connectivity index (χ2n) is 7.64. The van der Waals surface area contributed by atoms with Crippen LogP contribution < -0.4 is 0 Å². The predicted molar refractivity (Wildman–Crippen MR) is 110 cm³/mol. The number of rotatable bonds is 6. The van der Waals surface area contributed by atoms with Gasteiger partial charge in [0.05, 0.1) is 17.1 Å². The fourth-order valence-electron chi connectivity index (χ4n) is 4.16. The van der Waals surface area contributed by atoms with Crippen LogP contribution >= 0.6 is 12.2 Å². The number of fused-ring (bicyclic) bond motifs is 1. The van der Waals surface area contributed by atoms with Gasteiger partial charge in [0.15, 0.2) is 5.58 Å². The molecule has 2 atom stereocenters. The quantitative estimate of drug-likeness (QED) is 0.674. The average Bonchev–Trinajstić information content (AvgIpc) is 2.90. The SMILES string of the molecule is CCN(CC)S(=O)(=O)c1ccc2oc(=S)n(CN3CC(C)CC(C)C3)c2c1. The monoisotopic (exact) mass is 411 g/mol. The number of nitrogens with zero attached hydrogens (tertiary/aromatic N) is 3. The van der Waals surface area contributed by atoms with Crippen molar-refractivity contribution in [3.8, 4) is 0 Å². The van der Waals surface area contributed by atoms with Crippen LogP contribution in [0.25, 0.3) is 11.1 Å². The van der Waals surface area contributed by atoms with E-state index < -0.39 is 10.0 Å². The third-order valence-corrected chi connectivity index (χ3v) is 7.62. The van der Waals surface area contributed by atoms with E-state index in [0.29, 0.717) is 42.0 Å². The van der Waals surface area contributed by atoms with E-state index in [1.54, 1.807) is 18.2 Å². The fraction of sp³-hybridized carbons (Fsp3) is 0.632. The van der Waals surface area contributed by atoms with Crippen LogP contribution in [0.3, 0.4) is 0 Å². The third-order valence-electron chi connectivity index (χ3n) is 5.27. The van der Waals surface area contributed by atoms with E-state index in [1.807, 2.05) is 18.4 Å². The Morgan fingerprint density at radius 2 is 1.81 bits per heavy atom. The molecule has 0 saturated carbocycles. The van der Waals surface area contributed by atoms with Gasteiger partial charge in [0.1, 0.15) is 0 Å². The predicted octanol–water partition coefficient (Wildman–Crippen LogP) is 3.93. The Morgan fingerprint density at radius 1 is 1.19 bits per heavy atom. The van der Waals surface area contributed by atoms with Crippen molar-refractivity contribution in [2.75, 3.05) is 26.2 Å². The van der Waals surface area contributed by atoms with Gasteiger partial charge >= 0.3 is 0 Å². The number of aromatic nitrogens is 1. The second kappa shape index (κ2) is 8.03. The van der Waals surface area contributed by atoms with Crippen LogP contribution in [0.1, 0.15) is 34.1 Å². The Balaban J connectivity index is 1.99. The molecule has 1 aliphatic rings. The average molecular weight is 412 g/mol. The minimum absolute atomic E-state index is 0.281. The summed E-state index contributed by atoms with van der Waals surface area (Å²) in [7, 11) is -3.52. The van der Waals surface area contributed by atoms with Crippen LogP contribution in [0.2, 0.25) is 0 Å². The maximum Gasteiger partial charge on any atom is 0.270 e. The molecule has 6 nitrogen and oxygen atoms in total. The standard InChI is InChI=1S/C19H29N3O3S2/c1-5-21(6-2)27(23,24)16-7-8-18-17(10-16)22(19(26)25-18)13-20-11-14(3)9-15(4)12-20/h7-8,10,14-15H,5-6,9,11-13H2,1-4H3. The number of likely N-dealkylation sites (tertiary alicyclic amines) is 1. The number of hydrogen-bond acceptors (Lipinski definition) is 5. The van der Waals surface area contributed by atoms with Crippen molar-refractivity contribution in [2.24, 2.45) is 11.8 Å². The normalized spacial score (nSPS) is 22.0. The van der Waals surface area contributed by atoms with Gasteiger partial charge in [-0.2, -0.15) is 4.31 Å². The summed E-state index contributed by atoms with van der Waals surface area (Å²) >= 11 is 5.42. The van der Waals surface area contributed by atoms with Crippen LogP contribution in [0.15, 0.2) is 27.5 Å². The smallest absolute Gasteiger partial charge is 0.270 e. The molecule has 0 amide bonds. The molecule has 1 saturated heterocycles. The summed E-state index contributed by atoms with van der Waals surface area (Å²) in [5.41, 5.74) is 1.36. The molecule has 8 heteroatoms. The van der Waals surface area contributed by atoms with E-state index >= 15 is 0 Å². The van der Waals surface area contributed by atoms with Gasteiger partial charge in [0.25, 0.3) is 4.84 Å². The van der Waals surface area contributed by atoms with E-state index in [0.717, 1.165) is 18.6 Å². The number of sulfonamides is 1. The second-order valence-corrected chi connectivity index (χ2v) is 9.93. The molecule has 0 spiro atoms. The molecule has 2 aromatic rings. The Bertz CT molecular complexity index is 950. The topological polar surface area (TPSA) is 58.7 Å². The van der Waals surface area contributed by atoms with Crippen molar-refractivity contribution in [1.82, 2.24) is 13.8 Å². The van der Waals surface area contributed by atoms with Crippen LogP contribution in [-0.2, 0) is 16.7 Å². The summed E-state index contributed by atoms with van der Waals surface area (Å²) < 4.78 is 34.9. The van der Waals surface area contributed by atoms with Gasteiger partial charge in [0, 0.05) is 26.2 Å². The summed E-state index contributed by atoms with van der Waals surface area (Å²) in [4.78, 5) is 3.03. The molecule has 3 rings (SSSR count). The highest BCUT2D eigenvalue weighted by atomic mass is 32.2. The molecule has 0 radical (unpaired) electrons. The van der Waals surface area contributed by atoms with Crippen molar-refractivity contribution in [3.63, 3.8) is 0 Å².